The van der Waals surface area contributed by atoms with Crippen LogP contribution in [0.1, 0.15) is 6.92 Å². The second-order valence-corrected chi connectivity index (χ2v) is 4.22. The molecule has 0 radical (unpaired) electrons. The first kappa shape index (κ1) is 12.9. The normalized spacial score (nSPS) is 9.95. The van der Waals surface area contributed by atoms with E-state index in [2.05, 4.69) is 6.58 Å². The molecule has 0 spiro atoms. The minimum Gasteiger partial charge on any atom is -0.504 e. The fourth-order valence-electron chi connectivity index (χ4n) is 1.59. The van der Waals surface area contributed by atoms with E-state index in [0.717, 1.165) is 11.1 Å². The lowest BCUT2D eigenvalue weighted by atomic mass is 10.1. The second kappa shape index (κ2) is 5.40. The van der Waals surface area contributed by atoms with Crippen molar-refractivity contribution in [2.75, 3.05) is 0 Å². The molecular weight excluding hydrogens is 240 g/mol. The van der Waals surface area contributed by atoms with Crippen LogP contribution in [0.5, 0.6) is 11.5 Å². The second-order valence-electron chi connectivity index (χ2n) is 4.22. The maximum Gasteiger partial charge on any atom is 0.338 e. The molecule has 0 fully saturated rings. The molecule has 0 unspecified atom stereocenters. The minimum absolute atomic E-state index is 0.0747. The van der Waals surface area contributed by atoms with Crippen molar-refractivity contribution in [2.45, 2.75) is 6.92 Å². The first-order chi connectivity index (χ1) is 9.08. The Hall–Kier alpha value is -2.55. The number of phenolic OH excluding ortho intramolecular Hbond substituents is 1. The van der Waals surface area contributed by atoms with Gasteiger partial charge in [0.1, 0.15) is 0 Å². The fraction of sp³-hybridized carbons (Fsp3) is 0.0625. The van der Waals surface area contributed by atoms with Gasteiger partial charge in [0.25, 0.3) is 0 Å². The maximum atomic E-state index is 11.5. The Balaban J connectivity index is 2.35. The molecule has 0 bridgehead atoms. The van der Waals surface area contributed by atoms with Gasteiger partial charge in [-0.2, -0.15) is 0 Å². The lowest BCUT2D eigenvalue weighted by molar-refractivity contribution is -0.130. The van der Waals surface area contributed by atoms with Gasteiger partial charge in [0.05, 0.1) is 0 Å². The van der Waals surface area contributed by atoms with Crippen molar-refractivity contribution in [3.8, 4) is 22.6 Å². The molecule has 2 aromatic carbocycles. The summed E-state index contributed by atoms with van der Waals surface area (Å²) in [5, 5.41) is 9.71. The Bertz CT molecular complexity index is 615. The highest BCUT2D eigenvalue weighted by Crippen LogP contribution is 2.32. The highest BCUT2D eigenvalue weighted by atomic mass is 16.5. The third-order valence-electron chi connectivity index (χ3n) is 2.62. The van der Waals surface area contributed by atoms with Gasteiger partial charge in [-0.3, -0.25) is 0 Å². The van der Waals surface area contributed by atoms with Crippen molar-refractivity contribution in [1.29, 1.82) is 0 Å². The number of aromatic hydroxyl groups is 1. The van der Waals surface area contributed by atoms with Gasteiger partial charge in [-0.15, -0.1) is 0 Å². The molecule has 0 saturated carbocycles. The monoisotopic (exact) mass is 254 g/mol. The molecule has 0 heterocycles. The number of ether oxygens (including phenoxy) is 1. The van der Waals surface area contributed by atoms with E-state index in [4.69, 9.17) is 4.74 Å². The number of esters is 1. The van der Waals surface area contributed by atoms with Crippen LogP contribution in [-0.4, -0.2) is 11.1 Å². The van der Waals surface area contributed by atoms with E-state index in [9.17, 15) is 9.90 Å². The van der Waals surface area contributed by atoms with Crippen molar-refractivity contribution in [3.05, 3.63) is 60.7 Å². The summed E-state index contributed by atoms with van der Waals surface area (Å²) >= 11 is 0. The number of hydrogen-bond acceptors (Lipinski definition) is 3. The quantitative estimate of drug-likeness (QED) is 0.517. The zero-order valence-corrected chi connectivity index (χ0v) is 10.6. The van der Waals surface area contributed by atoms with Crippen LogP contribution in [0, 0.1) is 0 Å². The molecule has 2 rings (SSSR count). The third kappa shape index (κ3) is 3.01. The van der Waals surface area contributed by atoms with Crippen molar-refractivity contribution >= 4 is 5.97 Å². The molecule has 0 aliphatic heterocycles. The Morgan fingerprint density at radius 1 is 1.11 bits per heavy atom. The molecule has 0 saturated heterocycles. The summed E-state index contributed by atoms with van der Waals surface area (Å²) in [7, 11) is 0. The lowest BCUT2D eigenvalue weighted by Crippen LogP contribution is -2.08. The topological polar surface area (TPSA) is 46.5 Å². The first-order valence-corrected chi connectivity index (χ1v) is 5.84. The molecule has 0 aromatic heterocycles. The van der Waals surface area contributed by atoms with Gasteiger partial charge >= 0.3 is 5.97 Å². The van der Waals surface area contributed by atoms with E-state index in [-0.39, 0.29) is 17.1 Å². The Kier molecular flexibility index (Phi) is 3.66. The molecule has 0 aliphatic rings. The summed E-state index contributed by atoms with van der Waals surface area (Å²) < 4.78 is 5.08. The largest absolute Gasteiger partial charge is 0.504 e. The van der Waals surface area contributed by atoms with Crippen LogP contribution in [0.2, 0.25) is 0 Å². The summed E-state index contributed by atoms with van der Waals surface area (Å²) in [6.45, 7) is 5.06. The summed E-state index contributed by atoms with van der Waals surface area (Å²) in [5.41, 5.74) is 2.13. The Morgan fingerprint density at radius 2 is 1.79 bits per heavy atom. The number of carbonyl (C=O) groups is 1. The van der Waals surface area contributed by atoms with E-state index < -0.39 is 5.97 Å². The molecule has 3 heteroatoms. The number of carbonyl (C=O) groups excluding carboxylic acids is 1. The van der Waals surface area contributed by atoms with Gasteiger partial charge in [0.2, 0.25) is 0 Å². The SMILES string of the molecule is C=C(C)C(=O)Oc1cc(-c2ccccc2)ccc1O. The summed E-state index contributed by atoms with van der Waals surface area (Å²) in [5.74, 6) is -0.496. The molecule has 96 valence electrons. The molecule has 2 aromatic rings. The van der Waals surface area contributed by atoms with Crippen LogP contribution in [-0.2, 0) is 4.79 Å². The molecule has 19 heavy (non-hydrogen) atoms. The average molecular weight is 254 g/mol. The van der Waals surface area contributed by atoms with Crippen molar-refractivity contribution in [3.63, 3.8) is 0 Å². The Labute approximate surface area is 111 Å². The van der Waals surface area contributed by atoms with E-state index >= 15 is 0 Å². The van der Waals surface area contributed by atoms with Crippen molar-refractivity contribution < 1.29 is 14.6 Å². The van der Waals surface area contributed by atoms with Crippen molar-refractivity contribution in [1.82, 2.24) is 0 Å². The average Bonchev–Trinajstić information content (AvgIpc) is 2.42. The van der Waals surface area contributed by atoms with E-state index in [1.807, 2.05) is 30.3 Å². The highest BCUT2D eigenvalue weighted by molar-refractivity contribution is 5.89. The summed E-state index contributed by atoms with van der Waals surface area (Å²) in [6, 6.07) is 14.5. The van der Waals surface area contributed by atoms with Crippen LogP contribution in [0.15, 0.2) is 60.7 Å². The summed E-state index contributed by atoms with van der Waals surface area (Å²) in [4.78, 5) is 11.5. The van der Waals surface area contributed by atoms with E-state index in [0.29, 0.717) is 0 Å². The van der Waals surface area contributed by atoms with Gasteiger partial charge in [0.15, 0.2) is 11.5 Å². The molecule has 0 amide bonds. The molecule has 3 nitrogen and oxygen atoms in total. The first-order valence-electron chi connectivity index (χ1n) is 5.84. The zero-order chi connectivity index (χ0) is 13.8. The fourth-order valence-corrected chi connectivity index (χ4v) is 1.59. The number of phenols is 1. The van der Waals surface area contributed by atoms with Gasteiger partial charge in [-0.05, 0) is 30.2 Å². The van der Waals surface area contributed by atoms with Gasteiger partial charge in [0, 0.05) is 5.57 Å². The Morgan fingerprint density at radius 3 is 2.42 bits per heavy atom. The summed E-state index contributed by atoms with van der Waals surface area (Å²) in [6.07, 6.45) is 0. The predicted octanol–water partition coefficient (Wildman–Crippen LogP) is 3.54. The standard InChI is InChI=1S/C16H14O3/c1-11(2)16(18)19-15-10-13(8-9-14(15)17)12-6-4-3-5-7-12/h3-10,17H,1H2,2H3. The van der Waals surface area contributed by atoms with Crippen molar-refractivity contribution in [2.24, 2.45) is 0 Å². The molecule has 0 aliphatic carbocycles. The van der Waals surface area contributed by atoms with E-state index in [1.54, 1.807) is 19.1 Å². The number of hydrogen-bond donors (Lipinski definition) is 1. The van der Waals surface area contributed by atoms with Gasteiger partial charge in [-0.25, -0.2) is 4.79 Å². The molecule has 1 N–H and O–H groups in total. The number of benzene rings is 2. The van der Waals surface area contributed by atoms with E-state index in [1.165, 1.54) is 6.07 Å². The van der Waals surface area contributed by atoms with Crippen LogP contribution in [0.25, 0.3) is 11.1 Å². The van der Waals surface area contributed by atoms with Crippen LogP contribution >= 0.6 is 0 Å². The molecular formula is C16H14O3. The van der Waals surface area contributed by atoms with Gasteiger partial charge in [-0.1, -0.05) is 43.0 Å². The lowest BCUT2D eigenvalue weighted by Gasteiger charge is -2.08. The predicted molar refractivity (Wildman–Crippen MR) is 74.0 cm³/mol. The maximum absolute atomic E-state index is 11.5. The third-order valence-corrected chi connectivity index (χ3v) is 2.62. The van der Waals surface area contributed by atoms with Crippen LogP contribution in [0.3, 0.4) is 0 Å². The van der Waals surface area contributed by atoms with Crippen LogP contribution < -0.4 is 4.74 Å². The number of rotatable bonds is 3. The highest BCUT2D eigenvalue weighted by Gasteiger charge is 2.11. The van der Waals surface area contributed by atoms with Crippen LogP contribution in [0.4, 0.5) is 0 Å². The molecule has 0 atom stereocenters. The van der Waals surface area contributed by atoms with Gasteiger partial charge < -0.3 is 9.84 Å². The smallest absolute Gasteiger partial charge is 0.338 e. The zero-order valence-electron chi connectivity index (χ0n) is 10.6. The minimum atomic E-state index is -0.555.